The number of hydrogen-bond acceptors (Lipinski definition) is 4. The summed E-state index contributed by atoms with van der Waals surface area (Å²) >= 11 is 0. The van der Waals surface area contributed by atoms with E-state index in [-0.39, 0.29) is 12.6 Å². The van der Waals surface area contributed by atoms with Crippen LogP contribution in [0.1, 0.15) is 21.7 Å². The van der Waals surface area contributed by atoms with E-state index in [9.17, 15) is 4.79 Å². The molecule has 2 aromatic rings. The van der Waals surface area contributed by atoms with Gasteiger partial charge in [-0.1, -0.05) is 6.07 Å². The number of aromatic amines is 1. The number of imidazole rings is 1. The van der Waals surface area contributed by atoms with Crippen molar-refractivity contribution in [2.24, 2.45) is 0 Å². The van der Waals surface area contributed by atoms with Crippen LogP contribution in [0.25, 0.3) is 11.3 Å². The Morgan fingerprint density at radius 1 is 1.47 bits per heavy atom. The number of methoxy groups -OCH3 is 1. The molecular weight excluding hydrogens is 244 g/mol. The van der Waals surface area contributed by atoms with Crippen LogP contribution in [0.5, 0.6) is 0 Å². The lowest BCUT2D eigenvalue weighted by atomic mass is 10.0. The Balaban J connectivity index is 2.39. The number of nitrogens with one attached hydrogen (secondary N) is 1. The zero-order chi connectivity index (χ0) is 13.8. The number of benzene rings is 1. The maximum Gasteiger partial charge on any atom is 0.337 e. The van der Waals surface area contributed by atoms with Gasteiger partial charge in [0.25, 0.3) is 0 Å². The van der Waals surface area contributed by atoms with Gasteiger partial charge in [0.05, 0.1) is 31.2 Å². The Hall–Kier alpha value is -2.14. The molecule has 0 aliphatic heterocycles. The number of aryl methyl sites for hydroxylation is 1. The van der Waals surface area contributed by atoms with E-state index >= 15 is 0 Å². The van der Waals surface area contributed by atoms with E-state index < -0.39 is 0 Å². The van der Waals surface area contributed by atoms with Crippen LogP contribution in [0.4, 0.5) is 0 Å². The minimum absolute atomic E-state index is 0.0497. The van der Waals surface area contributed by atoms with E-state index in [4.69, 9.17) is 9.84 Å². The molecule has 0 unspecified atom stereocenters. The van der Waals surface area contributed by atoms with Gasteiger partial charge in [-0.05, 0) is 24.6 Å². The number of esters is 1. The predicted molar refractivity (Wildman–Crippen MR) is 70.9 cm³/mol. The SMILES string of the molecule is COC(=O)c1ccc(C)c(-c2cnc(CCO)[nH]2)c1. The van der Waals surface area contributed by atoms with Crippen molar-refractivity contribution in [2.45, 2.75) is 13.3 Å². The minimum atomic E-state index is -0.364. The summed E-state index contributed by atoms with van der Waals surface area (Å²) < 4.78 is 4.71. The van der Waals surface area contributed by atoms with E-state index in [0.29, 0.717) is 12.0 Å². The molecule has 5 nitrogen and oxygen atoms in total. The first kappa shape index (κ1) is 13.3. The molecule has 19 heavy (non-hydrogen) atoms. The van der Waals surface area contributed by atoms with Gasteiger partial charge in [0, 0.05) is 12.0 Å². The van der Waals surface area contributed by atoms with Crippen LogP contribution >= 0.6 is 0 Å². The quantitative estimate of drug-likeness (QED) is 0.820. The molecule has 0 aliphatic carbocycles. The Morgan fingerprint density at radius 2 is 2.26 bits per heavy atom. The monoisotopic (exact) mass is 260 g/mol. The highest BCUT2D eigenvalue weighted by atomic mass is 16.5. The highest BCUT2D eigenvalue weighted by Crippen LogP contribution is 2.23. The third-order valence-electron chi connectivity index (χ3n) is 2.93. The summed E-state index contributed by atoms with van der Waals surface area (Å²) in [4.78, 5) is 18.9. The number of ether oxygens (including phenoxy) is 1. The molecule has 0 fully saturated rings. The summed E-state index contributed by atoms with van der Waals surface area (Å²) in [7, 11) is 1.36. The van der Waals surface area contributed by atoms with Gasteiger partial charge >= 0.3 is 5.97 Å². The van der Waals surface area contributed by atoms with Gasteiger partial charge in [0.2, 0.25) is 0 Å². The molecule has 0 radical (unpaired) electrons. The third-order valence-corrected chi connectivity index (χ3v) is 2.93. The van der Waals surface area contributed by atoms with Gasteiger partial charge in [-0.2, -0.15) is 0 Å². The fourth-order valence-electron chi connectivity index (χ4n) is 1.89. The molecule has 0 aliphatic rings. The van der Waals surface area contributed by atoms with Gasteiger partial charge in [-0.3, -0.25) is 0 Å². The summed E-state index contributed by atoms with van der Waals surface area (Å²) in [5, 5.41) is 8.88. The van der Waals surface area contributed by atoms with Crippen LogP contribution in [0, 0.1) is 6.92 Å². The largest absolute Gasteiger partial charge is 0.465 e. The second kappa shape index (κ2) is 5.67. The van der Waals surface area contributed by atoms with E-state index in [1.165, 1.54) is 7.11 Å². The number of nitrogens with zero attached hydrogens (tertiary/aromatic N) is 1. The first-order valence-electron chi connectivity index (χ1n) is 5.99. The molecule has 0 bridgehead atoms. The fourth-order valence-corrected chi connectivity index (χ4v) is 1.89. The molecule has 5 heteroatoms. The Morgan fingerprint density at radius 3 is 2.95 bits per heavy atom. The van der Waals surface area contributed by atoms with Crippen LogP contribution < -0.4 is 0 Å². The second-order valence-corrected chi connectivity index (χ2v) is 4.24. The molecule has 1 aromatic carbocycles. The summed E-state index contributed by atoms with van der Waals surface area (Å²) in [6.07, 6.45) is 2.18. The van der Waals surface area contributed by atoms with Crippen LogP contribution in [0.3, 0.4) is 0 Å². The fraction of sp³-hybridized carbons (Fsp3) is 0.286. The summed E-state index contributed by atoms with van der Waals surface area (Å²) in [6, 6.07) is 5.38. The van der Waals surface area contributed by atoms with Crippen LogP contribution in [0.15, 0.2) is 24.4 Å². The molecule has 2 rings (SSSR count). The lowest BCUT2D eigenvalue weighted by Crippen LogP contribution is -2.01. The van der Waals surface area contributed by atoms with Crippen molar-refractivity contribution >= 4 is 5.97 Å². The number of aliphatic hydroxyl groups excluding tert-OH is 1. The van der Waals surface area contributed by atoms with Crippen molar-refractivity contribution in [2.75, 3.05) is 13.7 Å². The van der Waals surface area contributed by atoms with E-state index in [2.05, 4.69) is 9.97 Å². The molecule has 100 valence electrons. The van der Waals surface area contributed by atoms with Gasteiger partial charge < -0.3 is 14.8 Å². The van der Waals surface area contributed by atoms with Crippen molar-refractivity contribution in [3.05, 3.63) is 41.3 Å². The van der Waals surface area contributed by atoms with Crippen molar-refractivity contribution < 1.29 is 14.6 Å². The topological polar surface area (TPSA) is 75.2 Å². The van der Waals surface area contributed by atoms with Crippen LogP contribution in [-0.2, 0) is 11.2 Å². The molecule has 0 saturated heterocycles. The van der Waals surface area contributed by atoms with Crippen molar-refractivity contribution in [1.82, 2.24) is 9.97 Å². The lowest BCUT2D eigenvalue weighted by molar-refractivity contribution is 0.0601. The molecule has 0 saturated carbocycles. The molecule has 2 N–H and O–H groups in total. The van der Waals surface area contributed by atoms with Crippen molar-refractivity contribution in [3.63, 3.8) is 0 Å². The number of aromatic nitrogens is 2. The lowest BCUT2D eigenvalue weighted by Gasteiger charge is -2.06. The Kier molecular flexibility index (Phi) is 3.97. The minimum Gasteiger partial charge on any atom is -0.465 e. The number of hydrogen-bond donors (Lipinski definition) is 2. The summed E-state index contributed by atoms with van der Waals surface area (Å²) in [6.45, 7) is 2.01. The van der Waals surface area contributed by atoms with Crippen molar-refractivity contribution in [1.29, 1.82) is 0 Å². The maximum absolute atomic E-state index is 11.5. The zero-order valence-corrected chi connectivity index (χ0v) is 10.9. The summed E-state index contributed by atoms with van der Waals surface area (Å²) in [5.41, 5.74) is 3.26. The highest BCUT2D eigenvalue weighted by Gasteiger charge is 2.11. The average molecular weight is 260 g/mol. The predicted octanol–water partition coefficient (Wildman–Crippen LogP) is 1.71. The number of H-pyrrole nitrogens is 1. The molecule has 1 aromatic heterocycles. The molecule has 0 atom stereocenters. The maximum atomic E-state index is 11.5. The molecule has 0 spiro atoms. The normalized spacial score (nSPS) is 10.5. The van der Waals surface area contributed by atoms with E-state index in [1.54, 1.807) is 18.3 Å². The molecular formula is C14H16N2O3. The number of carbonyl (C=O) groups is 1. The van der Waals surface area contributed by atoms with Gasteiger partial charge in [-0.15, -0.1) is 0 Å². The third kappa shape index (κ3) is 2.82. The number of aliphatic hydroxyl groups is 1. The smallest absolute Gasteiger partial charge is 0.337 e. The zero-order valence-electron chi connectivity index (χ0n) is 10.9. The number of rotatable bonds is 4. The van der Waals surface area contributed by atoms with E-state index in [0.717, 1.165) is 22.6 Å². The molecule has 1 heterocycles. The van der Waals surface area contributed by atoms with Crippen molar-refractivity contribution in [3.8, 4) is 11.3 Å². The van der Waals surface area contributed by atoms with Gasteiger partial charge in [0.15, 0.2) is 0 Å². The second-order valence-electron chi connectivity index (χ2n) is 4.24. The van der Waals surface area contributed by atoms with E-state index in [1.807, 2.05) is 13.0 Å². The Bertz CT molecular complexity index is 590. The number of carbonyl (C=O) groups excluding carboxylic acids is 1. The Labute approximate surface area is 111 Å². The van der Waals surface area contributed by atoms with Gasteiger partial charge in [-0.25, -0.2) is 9.78 Å². The van der Waals surface area contributed by atoms with Crippen LogP contribution in [0.2, 0.25) is 0 Å². The van der Waals surface area contributed by atoms with Crippen LogP contribution in [-0.4, -0.2) is 34.8 Å². The first-order chi connectivity index (χ1) is 9.15. The van der Waals surface area contributed by atoms with Gasteiger partial charge in [0.1, 0.15) is 5.82 Å². The standard InChI is InChI=1S/C14H16N2O3/c1-9-3-4-10(14(18)19-2)7-11(9)12-8-15-13(16-12)5-6-17/h3-4,7-8,17H,5-6H2,1-2H3,(H,15,16). The first-order valence-corrected chi connectivity index (χ1v) is 5.99. The highest BCUT2D eigenvalue weighted by molar-refractivity contribution is 5.91. The molecule has 0 amide bonds. The summed E-state index contributed by atoms with van der Waals surface area (Å²) in [5.74, 6) is 0.358. The average Bonchev–Trinajstić information content (AvgIpc) is 2.87.